The maximum Gasteiger partial charge on any atom is 0.338 e. The van der Waals surface area contributed by atoms with Gasteiger partial charge in [-0.1, -0.05) is 55.8 Å². The van der Waals surface area contributed by atoms with E-state index in [1.807, 2.05) is 37.3 Å². The van der Waals surface area contributed by atoms with Crippen molar-refractivity contribution in [3.63, 3.8) is 0 Å². The molecule has 0 aliphatic carbocycles. The second-order valence-electron chi connectivity index (χ2n) is 7.97. The van der Waals surface area contributed by atoms with E-state index in [0.29, 0.717) is 29.1 Å². The number of esters is 1. The largest absolute Gasteiger partial charge is 0.463 e. The third-order valence-electron chi connectivity index (χ3n) is 5.45. The molecule has 0 saturated carbocycles. The lowest BCUT2D eigenvalue weighted by Crippen LogP contribution is -2.48. The Hall–Kier alpha value is -3.32. The Kier molecular flexibility index (Phi) is 8.71. The van der Waals surface area contributed by atoms with Gasteiger partial charge in [0, 0.05) is 12.2 Å². The van der Waals surface area contributed by atoms with E-state index in [0.717, 1.165) is 18.4 Å². The number of anilines is 1. The van der Waals surface area contributed by atoms with Gasteiger partial charge in [0.05, 0.1) is 23.9 Å². The summed E-state index contributed by atoms with van der Waals surface area (Å²) in [6, 6.07) is 15.3. The standard InChI is InChI=1S/C26H30ClN3O4/c1-4-6-15-30-23(18-11-8-7-9-12-18)21(25(32)34-5-2)22(29-26(30)33)19-13-10-14-20(16-19)28-24(31)17(3)27/h7-14,16-17,22H,4-6,15H2,1-3H3,(H,28,31)(H,29,33)/t17-,22+/m0/s1. The molecule has 0 fully saturated rings. The normalized spacial score (nSPS) is 16.6. The molecule has 180 valence electrons. The fraction of sp³-hybridized carbons (Fsp3) is 0.346. The molecule has 0 saturated heterocycles. The van der Waals surface area contributed by atoms with Crippen molar-refractivity contribution in [2.24, 2.45) is 0 Å². The Balaban J connectivity index is 2.17. The van der Waals surface area contributed by atoms with Crippen molar-refractivity contribution in [2.75, 3.05) is 18.5 Å². The second-order valence-corrected chi connectivity index (χ2v) is 8.62. The van der Waals surface area contributed by atoms with E-state index >= 15 is 0 Å². The van der Waals surface area contributed by atoms with Gasteiger partial charge in [0.2, 0.25) is 5.91 Å². The van der Waals surface area contributed by atoms with Crippen molar-refractivity contribution < 1.29 is 19.1 Å². The molecule has 1 aliphatic heterocycles. The zero-order chi connectivity index (χ0) is 24.7. The van der Waals surface area contributed by atoms with E-state index in [-0.39, 0.29) is 18.5 Å². The summed E-state index contributed by atoms with van der Waals surface area (Å²) in [4.78, 5) is 40.3. The Morgan fingerprint density at radius 3 is 2.53 bits per heavy atom. The van der Waals surface area contributed by atoms with Crippen LogP contribution >= 0.6 is 11.6 Å². The number of rotatable bonds is 9. The first kappa shape index (κ1) is 25.3. The van der Waals surface area contributed by atoms with E-state index < -0.39 is 17.4 Å². The highest BCUT2D eigenvalue weighted by Crippen LogP contribution is 2.37. The molecule has 0 spiro atoms. The average Bonchev–Trinajstić information content (AvgIpc) is 2.83. The Labute approximate surface area is 205 Å². The summed E-state index contributed by atoms with van der Waals surface area (Å²) in [6.45, 7) is 6.04. The molecule has 3 rings (SSSR count). The van der Waals surface area contributed by atoms with Crippen molar-refractivity contribution in [1.82, 2.24) is 10.2 Å². The summed E-state index contributed by atoms with van der Waals surface area (Å²) >= 11 is 5.89. The number of benzene rings is 2. The molecule has 0 bridgehead atoms. The molecule has 1 aliphatic rings. The van der Waals surface area contributed by atoms with Crippen LogP contribution in [0.5, 0.6) is 0 Å². The smallest absolute Gasteiger partial charge is 0.338 e. The first-order chi connectivity index (χ1) is 16.4. The molecule has 2 atom stereocenters. The van der Waals surface area contributed by atoms with Crippen molar-refractivity contribution >= 4 is 40.9 Å². The summed E-state index contributed by atoms with van der Waals surface area (Å²) in [5, 5.41) is 5.02. The maximum absolute atomic E-state index is 13.3. The molecule has 0 unspecified atom stereocenters. The first-order valence-electron chi connectivity index (χ1n) is 11.5. The van der Waals surface area contributed by atoms with Gasteiger partial charge in [-0.3, -0.25) is 9.69 Å². The predicted octanol–water partition coefficient (Wildman–Crippen LogP) is 5.09. The lowest BCUT2D eigenvalue weighted by atomic mass is 9.91. The fourth-order valence-electron chi connectivity index (χ4n) is 3.81. The summed E-state index contributed by atoms with van der Waals surface area (Å²) in [6.07, 6.45) is 1.67. The number of carbonyl (C=O) groups excluding carboxylic acids is 3. The molecule has 34 heavy (non-hydrogen) atoms. The van der Waals surface area contributed by atoms with Gasteiger partial charge in [-0.25, -0.2) is 9.59 Å². The number of carbonyl (C=O) groups is 3. The van der Waals surface area contributed by atoms with Crippen molar-refractivity contribution in [1.29, 1.82) is 0 Å². The molecule has 7 nitrogen and oxygen atoms in total. The zero-order valence-corrected chi connectivity index (χ0v) is 20.4. The number of amides is 3. The van der Waals surface area contributed by atoms with Crippen LogP contribution in [0.3, 0.4) is 0 Å². The van der Waals surface area contributed by atoms with Gasteiger partial charge in [0.25, 0.3) is 0 Å². The van der Waals surface area contributed by atoms with Crippen LogP contribution in [0.15, 0.2) is 60.2 Å². The maximum atomic E-state index is 13.3. The van der Waals surface area contributed by atoms with Crippen LogP contribution in [0.1, 0.15) is 50.8 Å². The number of halogens is 1. The van der Waals surface area contributed by atoms with Crippen LogP contribution in [-0.2, 0) is 14.3 Å². The molecular weight excluding hydrogens is 454 g/mol. The van der Waals surface area contributed by atoms with Gasteiger partial charge in [0.15, 0.2) is 0 Å². The third-order valence-corrected chi connectivity index (χ3v) is 5.65. The SMILES string of the molecule is CCCCN1C(=O)N[C@H](c2cccc(NC(=O)[C@H](C)Cl)c2)C(C(=O)OCC)=C1c1ccccc1. The Bertz CT molecular complexity index is 1070. The van der Waals surface area contributed by atoms with Gasteiger partial charge >= 0.3 is 12.0 Å². The number of unbranched alkanes of at least 4 members (excludes halogenated alkanes) is 1. The van der Waals surface area contributed by atoms with Gasteiger partial charge < -0.3 is 15.4 Å². The predicted molar refractivity (Wildman–Crippen MR) is 133 cm³/mol. The summed E-state index contributed by atoms with van der Waals surface area (Å²) < 4.78 is 5.44. The minimum Gasteiger partial charge on any atom is -0.463 e. The van der Waals surface area contributed by atoms with Crippen LogP contribution in [0.4, 0.5) is 10.5 Å². The topological polar surface area (TPSA) is 87.7 Å². The number of ether oxygens (including phenoxy) is 1. The number of nitrogens with one attached hydrogen (secondary N) is 2. The van der Waals surface area contributed by atoms with E-state index in [9.17, 15) is 14.4 Å². The quantitative estimate of drug-likeness (QED) is 0.384. The highest BCUT2D eigenvalue weighted by molar-refractivity contribution is 6.32. The molecule has 8 heteroatoms. The number of nitrogens with zero attached hydrogens (tertiary/aromatic N) is 1. The van der Waals surface area contributed by atoms with Crippen LogP contribution in [0.25, 0.3) is 5.70 Å². The van der Waals surface area contributed by atoms with Crippen LogP contribution < -0.4 is 10.6 Å². The van der Waals surface area contributed by atoms with Crippen molar-refractivity contribution in [3.8, 4) is 0 Å². The summed E-state index contributed by atoms with van der Waals surface area (Å²) in [5.41, 5.74) is 2.78. The fourth-order valence-corrected chi connectivity index (χ4v) is 3.86. The van der Waals surface area contributed by atoms with E-state index in [4.69, 9.17) is 16.3 Å². The van der Waals surface area contributed by atoms with Gasteiger partial charge in [-0.05, 0) is 43.5 Å². The molecule has 1 heterocycles. The lowest BCUT2D eigenvalue weighted by molar-refractivity contribution is -0.139. The van der Waals surface area contributed by atoms with Gasteiger partial charge in [-0.2, -0.15) is 0 Å². The Morgan fingerprint density at radius 1 is 1.15 bits per heavy atom. The van der Waals surface area contributed by atoms with Crippen molar-refractivity contribution in [2.45, 2.75) is 45.0 Å². The highest BCUT2D eigenvalue weighted by Gasteiger charge is 2.38. The minimum atomic E-state index is -0.759. The number of alkyl halides is 1. The average molecular weight is 484 g/mol. The van der Waals surface area contributed by atoms with Gasteiger partial charge in [0.1, 0.15) is 5.38 Å². The molecule has 2 N–H and O–H groups in total. The van der Waals surface area contributed by atoms with E-state index in [1.165, 1.54) is 0 Å². The lowest BCUT2D eigenvalue weighted by Gasteiger charge is -2.37. The van der Waals surface area contributed by atoms with Gasteiger partial charge in [-0.15, -0.1) is 11.6 Å². The number of urea groups is 1. The molecule has 2 aromatic carbocycles. The highest BCUT2D eigenvalue weighted by atomic mass is 35.5. The van der Waals surface area contributed by atoms with Crippen molar-refractivity contribution in [3.05, 3.63) is 71.3 Å². The molecule has 0 radical (unpaired) electrons. The van der Waals surface area contributed by atoms with Crippen LogP contribution in [0, 0.1) is 0 Å². The molecule has 2 aromatic rings. The molecule has 3 amide bonds. The van der Waals surface area contributed by atoms with E-state index in [1.54, 1.807) is 43.0 Å². The first-order valence-corrected chi connectivity index (χ1v) is 11.9. The number of hydrogen-bond acceptors (Lipinski definition) is 4. The second kappa shape index (κ2) is 11.7. The van der Waals surface area contributed by atoms with E-state index in [2.05, 4.69) is 10.6 Å². The number of hydrogen-bond donors (Lipinski definition) is 2. The minimum absolute atomic E-state index is 0.198. The van der Waals surface area contributed by atoms with Crippen LogP contribution in [0.2, 0.25) is 0 Å². The Morgan fingerprint density at radius 2 is 1.88 bits per heavy atom. The monoisotopic (exact) mass is 483 g/mol. The summed E-state index contributed by atoms with van der Waals surface area (Å²) in [7, 11) is 0. The summed E-state index contributed by atoms with van der Waals surface area (Å²) in [5.74, 6) is -0.847. The third kappa shape index (κ3) is 5.78. The zero-order valence-electron chi connectivity index (χ0n) is 19.6. The van der Waals surface area contributed by atoms with Crippen LogP contribution in [-0.4, -0.2) is 41.3 Å². The molecule has 0 aromatic heterocycles. The molecular formula is C26H30ClN3O4.